The average molecular weight is 411 g/mol. The molecule has 2 atom stereocenters. The zero-order chi connectivity index (χ0) is 18.4. The summed E-state index contributed by atoms with van der Waals surface area (Å²) < 4.78 is 2.92. The number of nitrogens with one attached hydrogen (secondary N) is 1. The van der Waals surface area contributed by atoms with Crippen LogP contribution in [-0.4, -0.2) is 10.5 Å². The highest BCUT2D eigenvalue weighted by Crippen LogP contribution is 2.33. The van der Waals surface area contributed by atoms with Gasteiger partial charge in [0, 0.05) is 22.1 Å². The zero-order valence-electron chi connectivity index (χ0n) is 14.6. The number of halogens is 1. The molecule has 1 aromatic heterocycles. The van der Waals surface area contributed by atoms with Crippen molar-refractivity contribution in [1.29, 1.82) is 0 Å². The third kappa shape index (κ3) is 2.76. The van der Waals surface area contributed by atoms with Crippen molar-refractivity contribution >= 4 is 32.7 Å². The molecule has 5 heteroatoms. The molecule has 132 valence electrons. The predicted molar refractivity (Wildman–Crippen MR) is 107 cm³/mol. The molecule has 4 nitrogen and oxygen atoms in total. The Morgan fingerprint density at radius 1 is 1.27 bits per heavy atom. The summed E-state index contributed by atoms with van der Waals surface area (Å²) in [5.74, 6) is -0.336. The second kappa shape index (κ2) is 6.40. The Labute approximate surface area is 160 Å². The van der Waals surface area contributed by atoms with Gasteiger partial charge in [-0.15, -0.1) is 0 Å². The Morgan fingerprint density at radius 2 is 2.00 bits per heavy atom. The van der Waals surface area contributed by atoms with Gasteiger partial charge in [0.15, 0.2) is 0 Å². The van der Waals surface area contributed by atoms with E-state index in [1.807, 2.05) is 43.3 Å². The van der Waals surface area contributed by atoms with Gasteiger partial charge in [0.2, 0.25) is 5.43 Å². The van der Waals surface area contributed by atoms with Gasteiger partial charge in [0.05, 0.1) is 11.6 Å². The minimum absolute atomic E-state index is 0.173. The summed E-state index contributed by atoms with van der Waals surface area (Å²) in [6.45, 7) is 4.02. The molecule has 0 radical (unpaired) electrons. The summed E-state index contributed by atoms with van der Waals surface area (Å²) in [6, 6.07) is 13.6. The van der Waals surface area contributed by atoms with Gasteiger partial charge in [0.25, 0.3) is 5.91 Å². The van der Waals surface area contributed by atoms with E-state index in [9.17, 15) is 9.59 Å². The lowest BCUT2D eigenvalue weighted by Gasteiger charge is -2.16. The number of amides is 1. The lowest BCUT2D eigenvalue weighted by atomic mass is 10.1. The van der Waals surface area contributed by atoms with Gasteiger partial charge in [-0.2, -0.15) is 0 Å². The summed E-state index contributed by atoms with van der Waals surface area (Å²) in [5.41, 5.74) is 3.07. The first-order chi connectivity index (χ1) is 12.5. The molecule has 0 saturated carbocycles. The SMILES string of the molecule is C[C@@H](NC(=O)c1cn2c3c(cc(Br)cc3c1=O)C[C@@H]2C)c1ccccc1. The molecule has 4 rings (SSSR count). The predicted octanol–water partition coefficient (Wildman–Crippen LogP) is 4.37. The van der Waals surface area contributed by atoms with Gasteiger partial charge in [-0.25, -0.2) is 0 Å². The standard InChI is InChI=1S/C21H19BrN2O2/c1-12-8-15-9-16(22)10-17-19(15)24(12)11-18(20(17)25)21(26)23-13(2)14-6-4-3-5-7-14/h3-7,9-13H,8H2,1-2H3,(H,23,26)/t12-,13+/m0/s1. The summed E-state index contributed by atoms with van der Waals surface area (Å²) >= 11 is 3.49. The Hall–Kier alpha value is -2.40. The van der Waals surface area contributed by atoms with E-state index in [-0.39, 0.29) is 29.0 Å². The maximum Gasteiger partial charge on any atom is 0.257 e. The Morgan fingerprint density at radius 3 is 2.73 bits per heavy atom. The molecule has 0 fully saturated rings. The maximum absolute atomic E-state index is 13.0. The second-order valence-electron chi connectivity index (χ2n) is 6.90. The maximum atomic E-state index is 13.0. The van der Waals surface area contributed by atoms with Crippen molar-refractivity contribution in [3.05, 3.63) is 80.0 Å². The first-order valence-electron chi connectivity index (χ1n) is 8.69. The monoisotopic (exact) mass is 410 g/mol. The van der Waals surface area contributed by atoms with E-state index >= 15 is 0 Å². The lowest BCUT2D eigenvalue weighted by molar-refractivity contribution is 0.0938. The van der Waals surface area contributed by atoms with Crippen LogP contribution in [0.2, 0.25) is 0 Å². The van der Waals surface area contributed by atoms with Gasteiger partial charge >= 0.3 is 0 Å². The Kier molecular flexibility index (Phi) is 4.19. The number of hydrogen-bond donors (Lipinski definition) is 1. The molecule has 2 heterocycles. The molecule has 0 bridgehead atoms. The quantitative estimate of drug-likeness (QED) is 0.696. The van der Waals surface area contributed by atoms with Crippen LogP contribution < -0.4 is 10.7 Å². The number of hydrogen-bond acceptors (Lipinski definition) is 2. The fourth-order valence-corrected chi connectivity index (χ4v) is 4.23. The van der Waals surface area contributed by atoms with E-state index in [2.05, 4.69) is 38.8 Å². The van der Waals surface area contributed by atoms with E-state index in [1.165, 1.54) is 0 Å². The number of pyridine rings is 1. The first-order valence-corrected chi connectivity index (χ1v) is 9.48. The van der Waals surface area contributed by atoms with Crippen LogP contribution in [0.3, 0.4) is 0 Å². The third-order valence-electron chi connectivity index (χ3n) is 5.05. The molecule has 0 spiro atoms. The molecule has 26 heavy (non-hydrogen) atoms. The second-order valence-corrected chi connectivity index (χ2v) is 7.81. The van der Waals surface area contributed by atoms with E-state index in [4.69, 9.17) is 0 Å². The van der Waals surface area contributed by atoms with E-state index in [0.717, 1.165) is 27.5 Å². The minimum atomic E-state index is -0.336. The van der Waals surface area contributed by atoms with Crippen LogP contribution in [0.15, 0.2) is 57.9 Å². The first kappa shape index (κ1) is 17.0. The van der Waals surface area contributed by atoms with Crippen molar-refractivity contribution in [2.24, 2.45) is 0 Å². The summed E-state index contributed by atoms with van der Waals surface area (Å²) in [4.78, 5) is 25.8. The topological polar surface area (TPSA) is 51.1 Å². The highest BCUT2D eigenvalue weighted by molar-refractivity contribution is 9.10. The molecule has 1 amide bonds. The summed E-state index contributed by atoms with van der Waals surface area (Å²) in [7, 11) is 0. The van der Waals surface area contributed by atoms with Crippen molar-refractivity contribution in [2.75, 3.05) is 0 Å². The van der Waals surface area contributed by atoms with E-state index in [1.54, 1.807) is 6.20 Å². The van der Waals surface area contributed by atoms with E-state index in [0.29, 0.717) is 5.39 Å². The van der Waals surface area contributed by atoms with Crippen molar-refractivity contribution in [3.8, 4) is 0 Å². The molecule has 0 saturated heterocycles. The minimum Gasteiger partial charge on any atom is -0.345 e. The number of rotatable bonds is 3. The number of nitrogens with zero attached hydrogens (tertiary/aromatic N) is 1. The Balaban J connectivity index is 1.77. The number of aromatic nitrogens is 1. The molecule has 2 aromatic carbocycles. The molecule has 1 aliphatic rings. The smallest absolute Gasteiger partial charge is 0.257 e. The van der Waals surface area contributed by atoms with Crippen molar-refractivity contribution < 1.29 is 4.79 Å². The molecule has 1 N–H and O–H groups in total. The summed E-state index contributed by atoms with van der Waals surface area (Å²) in [6.07, 6.45) is 2.58. The van der Waals surface area contributed by atoms with Crippen LogP contribution in [0.25, 0.3) is 10.9 Å². The van der Waals surface area contributed by atoms with Crippen LogP contribution in [0, 0.1) is 0 Å². The molecular weight excluding hydrogens is 392 g/mol. The largest absolute Gasteiger partial charge is 0.345 e. The molecule has 1 aliphatic heterocycles. The molecule has 3 aromatic rings. The third-order valence-corrected chi connectivity index (χ3v) is 5.51. The van der Waals surface area contributed by atoms with Crippen LogP contribution >= 0.6 is 15.9 Å². The van der Waals surface area contributed by atoms with Gasteiger partial charge < -0.3 is 9.88 Å². The normalized spacial score (nSPS) is 16.7. The number of carbonyl (C=O) groups excluding carboxylic acids is 1. The van der Waals surface area contributed by atoms with Crippen LogP contribution in [0.5, 0.6) is 0 Å². The molecule has 0 unspecified atom stereocenters. The van der Waals surface area contributed by atoms with Gasteiger partial charge in [-0.05, 0) is 43.5 Å². The Bertz CT molecular complexity index is 1070. The van der Waals surface area contributed by atoms with Gasteiger partial charge in [-0.3, -0.25) is 9.59 Å². The van der Waals surface area contributed by atoms with Crippen molar-refractivity contribution in [2.45, 2.75) is 32.4 Å². The highest BCUT2D eigenvalue weighted by atomic mass is 79.9. The van der Waals surface area contributed by atoms with E-state index < -0.39 is 0 Å². The zero-order valence-corrected chi connectivity index (χ0v) is 16.2. The van der Waals surface area contributed by atoms with Crippen molar-refractivity contribution in [1.82, 2.24) is 9.88 Å². The average Bonchev–Trinajstić information content (AvgIpc) is 2.93. The lowest BCUT2D eigenvalue weighted by Crippen LogP contribution is -2.31. The van der Waals surface area contributed by atoms with Crippen LogP contribution in [-0.2, 0) is 6.42 Å². The van der Waals surface area contributed by atoms with Gasteiger partial charge in [-0.1, -0.05) is 46.3 Å². The number of benzene rings is 2. The van der Waals surface area contributed by atoms with Crippen molar-refractivity contribution in [3.63, 3.8) is 0 Å². The number of carbonyl (C=O) groups is 1. The van der Waals surface area contributed by atoms with Crippen LogP contribution in [0.1, 0.15) is 47.4 Å². The van der Waals surface area contributed by atoms with Crippen LogP contribution in [0.4, 0.5) is 0 Å². The van der Waals surface area contributed by atoms with Gasteiger partial charge in [0.1, 0.15) is 5.56 Å². The fourth-order valence-electron chi connectivity index (χ4n) is 3.72. The molecule has 0 aliphatic carbocycles. The summed E-state index contributed by atoms with van der Waals surface area (Å²) in [5, 5.41) is 3.55. The highest BCUT2D eigenvalue weighted by Gasteiger charge is 2.25. The molecular formula is C21H19BrN2O2. The fraction of sp³-hybridized carbons (Fsp3) is 0.238.